The van der Waals surface area contributed by atoms with Crippen molar-refractivity contribution in [3.8, 4) is 0 Å². The summed E-state index contributed by atoms with van der Waals surface area (Å²) in [5.41, 5.74) is 0. The molecule has 0 radical (unpaired) electrons. The zero-order valence-corrected chi connectivity index (χ0v) is 9.56. The highest BCUT2D eigenvalue weighted by Crippen LogP contribution is 2.22. The maximum atomic E-state index is 11.2. The summed E-state index contributed by atoms with van der Waals surface area (Å²) in [7, 11) is 0. The molecule has 76 valence electrons. The summed E-state index contributed by atoms with van der Waals surface area (Å²) in [6, 6.07) is 0.120. The first kappa shape index (κ1) is 11.1. The standard InChI is InChI=1S/C10H19NOS/c1-4-10-7-11(5-6-13-10)8(2)9(3)12/h8,10H,4-7H2,1-3H3. The van der Waals surface area contributed by atoms with Gasteiger partial charge >= 0.3 is 0 Å². The van der Waals surface area contributed by atoms with E-state index in [0.717, 1.165) is 18.3 Å². The van der Waals surface area contributed by atoms with E-state index in [-0.39, 0.29) is 6.04 Å². The average Bonchev–Trinajstić information content (AvgIpc) is 2.16. The van der Waals surface area contributed by atoms with Gasteiger partial charge in [0.1, 0.15) is 5.78 Å². The molecule has 2 nitrogen and oxygen atoms in total. The molecule has 1 saturated heterocycles. The minimum Gasteiger partial charge on any atom is -0.298 e. The number of carbonyl (C=O) groups is 1. The van der Waals surface area contributed by atoms with Crippen molar-refractivity contribution in [1.29, 1.82) is 0 Å². The molecule has 0 amide bonds. The van der Waals surface area contributed by atoms with Crippen molar-refractivity contribution in [2.75, 3.05) is 18.8 Å². The third-order valence-corrected chi connectivity index (χ3v) is 4.13. The Labute approximate surface area is 85.1 Å². The summed E-state index contributed by atoms with van der Waals surface area (Å²) in [4.78, 5) is 13.5. The van der Waals surface area contributed by atoms with E-state index < -0.39 is 0 Å². The van der Waals surface area contributed by atoms with Gasteiger partial charge in [0.2, 0.25) is 0 Å². The summed E-state index contributed by atoms with van der Waals surface area (Å²) in [5.74, 6) is 1.47. The first-order chi connectivity index (χ1) is 6.15. The Kier molecular flexibility index (Phi) is 4.26. The van der Waals surface area contributed by atoms with Crippen LogP contribution in [0.2, 0.25) is 0 Å². The predicted octanol–water partition coefficient (Wildman–Crippen LogP) is 1.79. The summed E-state index contributed by atoms with van der Waals surface area (Å²) in [6.07, 6.45) is 1.21. The molecule has 0 bridgehead atoms. The van der Waals surface area contributed by atoms with Crippen LogP contribution in [0.5, 0.6) is 0 Å². The van der Waals surface area contributed by atoms with E-state index in [1.165, 1.54) is 12.2 Å². The maximum Gasteiger partial charge on any atom is 0.146 e. The molecule has 0 saturated carbocycles. The van der Waals surface area contributed by atoms with Crippen LogP contribution in [0.15, 0.2) is 0 Å². The highest BCUT2D eigenvalue weighted by atomic mass is 32.2. The van der Waals surface area contributed by atoms with E-state index in [4.69, 9.17) is 0 Å². The zero-order chi connectivity index (χ0) is 9.84. The number of hydrogen-bond acceptors (Lipinski definition) is 3. The van der Waals surface area contributed by atoms with Crippen molar-refractivity contribution in [1.82, 2.24) is 4.90 Å². The maximum absolute atomic E-state index is 11.2. The number of Topliss-reactive ketones (excluding diaryl/α,β-unsaturated/α-hetero) is 1. The molecule has 2 unspecified atom stereocenters. The van der Waals surface area contributed by atoms with Crippen LogP contribution in [-0.2, 0) is 4.79 Å². The molecule has 1 heterocycles. The molecular formula is C10H19NOS. The van der Waals surface area contributed by atoms with Crippen molar-refractivity contribution in [2.24, 2.45) is 0 Å². The third kappa shape index (κ3) is 2.99. The predicted molar refractivity (Wildman–Crippen MR) is 58.3 cm³/mol. The van der Waals surface area contributed by atoms with Gasteiger partial charge in [-0.1, -0.05) is 6.92 Å². The molecule has 0 N–H and O–H groups in total. The molecule has 0 aromatic carbocycles. The Bertz CT molecular complexity index is 184. The average molecular weight is 201 g/mol. The van der Waals surface area contributed by atoms with Gasteiger partial charge in [-0.2, -0.15) is 11.8 Å². The first-order valence-electron chi connectivity index (χ1n) is 5.01. The number of carbonyl (C=O) groups excluding carboxylic acids is 1. The van der Waals surface area contributed by atoms with Gasteiger partial charge in [0.15, 0.2) is 0 Å². The van der Waals surface area contributed by atoms with E-state index in [2.05, 4.69) is 11.8 Å². The topological polar surface area (TPSA) is 20.3 Å². The first-order valence-corrected chi connectivity index (χ1v) is 6.06. The molecule has 1 aliphatic heterocycles. The Morgan fingerprint density at radius 3 is 2.92 bits per heavy atom. The highest BCUT2D eigenvalue weighted by Gasteiger charge is 2.24. The number of ketones is 1. The normalized spacial score (nSPS) is 27.2. The lowest BCUT2D eigenvalue weighted by atomic mass is 10.2. The van der Waals surface area contributed by atoms with Gasteiger partial charge in [-0.15, -0.1) is 0 Å². The Morgan fingerprint density at radius 1 is 1.69 bits per heavy atom. The van der Waals surface area contributed by atoms with Crippen molar-refractivity contribution in [2.45, 2.75) is 38.5 Å². The van der Waals surface area contributed by atoms with Crippen LogP contribution in [0.25, 0.3) is 0 Å². The van der Waals surface area contributed by atoms with Crippen LogP contribution in [-0.4, -0.2) is 40.8 Å². The highest BCUT2D eigenvalue weighted by molar-refractivity contribution is 8.00. The van der Waals surface area contributed by atoms with Gasteiger partial charge < -0.3 is 0 Å². The van der Waals surface area contributed by atoms with Gasteiger partial charge in [-0.25, -0.2) is 0 Å². The second kappa shape index (κ2) is 5.01. The molecule has 13 heavy (non-hydrogen) atoms. The second-order valence-corrected chi connectivity index (χ2v) is 5.09. The van der Waals surface area contributed by atoms with E-state index in [1.54, 1.807) is 6.92 Å². The number of thioether (sulfide) groups is 1. The number of hydrogen-bond donors (Lipinski definition) is 0. The molecule has 0 aromatic rings. The van der Waals surface area contributed by atoms with Crippen LogP contribution < -0.4 is 0 Å². The largest absolute Gasteiger partial charge is 0.298 e. The van der Waals surface area contributed by atoms with Crippen molar-refractivity contribution in [3.05, 3.63) is 0 Å². The lowest BCUT2D eigenvalue weighted by molar-refractivity contribution is -0.121. The van der Waals surface area contributed by atoms with Crippen LogP contribution in [0.3, 0.4) is 0 Å². The number of nitrogens with zero attached hydrogens (tertiary/aromatic N) is 1. The lowest BCUT2D eigenvalue weighted by Gasteiger charge is -2.35. The zero-order valence-electron chi connectivity index (χ0n) is 8.75. The monoisotopic (exact) mass is 201 g/mol. The molecule has 2 atom stereocenters. The van der Waals surface area contributed by atoms with Gasteiger partial charge in [-0.05, 0) is 20.3 Å². The Balaban J connectivity index is 2.46. The van der Waals surface area contributed by atoms with E-state index in [0.29, 0.717) is 5.78 Å². The molecule has 0 spiro atoms. The Hall–Kier alpha value is -0.0200. The molecule has 1 aliphatic rings. The lowest BCUT2D eigenvalue weighted by Crippen LogP contribution is -2.45. The molecule has 1 rings (SSSR count). The van der Waals surface area contributed by atoms with Gasteiger partial charge in [-0.3, -0.25) is 9.69 Å². The van der Waals surface area contributed by atoms with Crippen molar-refractivity contribution in [3.63, 3.8) is 0 Å². The molecule has 0 aromatic heterocycles. The fraction of sp³-hybridized carbons (Fsp3) is 0.900. The molecule has 3 heteroatoms. The smallest absolute Gasteiger partial charge is 0.146 e. The van der Waals surface area contributed by atoms with Gasteiger partial charge in [0.05, 0.1) is 6.04 Å². The van der Waals surface area contributed by atoms with Crippen LogP contribution in [0, 0.1) is 0 Å². The quantitative estimate of drug-likeness (QED) is 0.694. The van der Waals surface area contributed by atoms with Gasteiger partial charge in [0.25, 0.3) is 0 Å². The summed E-state index contributed by atoms with van der Waals surface area (Å²) >= 11 is 2.04. The van der Waals surface area contributed by atoms with Crippen LogP contribution in [0.1, 0.15) is 27.2 Å². The molecule has 0 aliphatic carbocycles. The van der Waals surface area contributed by atoms with E-state index in [1.807, 2.05) is 18.7 Å². The Morgan fingerprint density at radius 2 is 2.38 bits per heavy atom. The SMILES string of the molecule is CCC1CN(C(C)C(C)=O)CCS1. The molecule has 1 fully saturated rings. The van der Waals surface area contributed by atoms with Gasteiger partial charge in [0, 0.05) is 24.1 Å². The van der Waals surface area contributed by atoms with Crippen molar-refractivity contribution < 1.29 is 4.79 Å². The minimum atomic E-state index is 0.120. The summed E-state index contributed by atoms with van der Waals surface area (Å²) in [5, 5.41) is 0.732. The van der Waals surface area contributed by atoms with Crippen LogP contribution in [0.4, 0.5) is 0 Å². The van der Waals surface area contributed by atoms with Crippen molar-refractivity contribution >= 4 is 17.5 Å². The second-order valence-electron chi connectivity index (χ2n) is 3.68. The molecular weight excluding hydrogens is 182 g/mol. The van der Waals surface area contributed by atoms with E-state index >= 15 is 0 Å². The third-order valence-electron chi connectivity index (χ3n) is 2.76. The summed E-state index contributed by atoms with van der Waals surface area (Å²) < 4.78 is 0. The fourth-order valence-corrected chi connectivity index (χ4v) is 2.80. The van der Waals surface area contributed by atoms with Crippen LogP contribution >= 0.6 is 11.8 Å². The van der Waals surface area contributed by atoms with E-state index in [9.17, 15) is 4.79 Å². The summed E-state index contributed by atoms with van der Waals surface area (Å²) in [6.45, 7) is 8.09. The fourth-order valence-electron chi connectivity index (χ4n) is 1.60. The number of rotatable bonds is 3. The minimum absolute atomic E-state index is 0.120.